The number of phenols is 1. The van der Waals surface area contributed by atoms with Crippen LogP contribution in [0.4, 0.5) is 10.5 Å². The third-order valence-electron chi connectivity index (χ3n) is 10.4. The molecule has 0 radical (unpaired) electrons. The topological polar surface area (TPSA) is 147 Å². The zero-order valence-corrected chi connectivity index (χ0v) is 29.2. The first-order chi connectivity index (χ1) is 24.7. The number of fused-ring (bicyclic) bond motifs is 1. The normalized spacial score (nSPS) is 19.0. The molecule has 1 aliphatic carbocycles. The number of aromatic hydroxyl groups is 1. The highest BCUT2D eigenvalue weighted by Gasteiger charge is 2.29. The lowest BCUT2D eigenvalue weighted by molar-refractivity contribution is -0.135. The van der Waals surface area contributed by atoms with Gasteiger partial charge < -0.3 is 35.1 Å². The molecule has 2 aliphatic rings. The van der Waals surface area contributed by atoms with Crippen molar-refractivity contribution in [2.24, 2.45) is 11.8 Å². The second-order valence-corrected chi connectivity index (χ2v) is 13.9. The minimum Gasteiger partial charge on any atom is -0.506 e. The lowest BCUT2D eigenvalue weighted by atomic mass is 9.81. The van der Waals surface area contributed by atoms with Crippen molar-refractivity contribution >= 4 is 28.6 Å². The highest BCUT2D eigenvalue weighted by Crippen LogP contribution is 2.31. The number of aliphatic hydroxyl groups excluding tert-OH is 1. The van der Waals surface area contributed by atoms with E-state index in [9.17, 15) is 24.6 Å². The molecule has 11 heteroatoms. The van der Waals surface area contributed by atoms with Crippen LogP contribution in [0.25, 0.3) is 22.0 Å². The van der Waals surface area contributed by atoms with Crippen molar-refractivity contribution in [1.29, 1.82) is 0 Å². The van der Waals surface area contributed by atoms with Crippen molar-refractivity contribution < 1.29 is 24.5 Å². The number of hydrogen-bond donors (Lipinski definition) is 5. The van der Waals surface area contributed by atoms with Crippen molar-refractivity contribution in [2.45, 2.75) is 50.7 Å². The third kappa shape index (κ3) is 9.35. The predicted octanol–water partition coefficient (Wildman–Crippen LogP) is 5.50. The van der Waals surface area contributed by atoms with Crippen LogP contribution in [-0.4, -0.2) is 89.4 Å². The van der Waals surface area contributed by atoms with Gasteiger partial charge in [-0.1, -0.05) is 54.6 Å². The summed E-state index contributed by atoms with van der Waals surface area (Å²) in [5.41, 5.74) is 3.36. The maximum Gasteiger partial charge on any atom is 0.411 e. The number of H-pyrrole nitrogens is 1. The number of pyridine rings is 1. The number of aliphatic hydroxyl groups is 1. The van der Waals surface area contributed by atoms with Crippen LogP contribution in [0.3, 0.4) is 0 Å². The SMILES string of the molecule is CN(CCN1CCC(OC(=O)Nc2ccccc2-c2ccccc2)CC1)C(=O)C1CCC(CNCC(O)c2ccc(O)c3[nH]c(=O)ccc23)CC1. The summed E-state index contributed by atoms with van der Waals surface area (Å²) in [4.78, 5) is 44.6. The van der Waals surface area contributed by atoms with E-state index in [4.69, 9.17) is 4.74 Å². The summed E-state index contributed by atoms with van der Waals surface area (Å²) in [5, 5.41) is 27.9. The number of likely N-dealkylation sites (N-methyl/N-ethyl adjacent to an activating group) is 1. The predicted molar refractivity (Wildman–Crippen MR) is 199 cm³/mol. The van der Waals surface area contributed by atoms with Crippen molar-refractivity contribution in [3.8, 4) is 16.9 Å². The quantitative estimate of drug-likeness (QED) is 0.131. The fourth-order valence-electron chi connectivity index (χ4n) is 7.41. The lowest BCUT2D eigenvalue weighted by Gasteiger charge is -2.34. The van der Waals surface area contributed by atoms with Crippen molar-refractivity contribution in [3.05, 3.63) is 94.8 Å². The Kier molecular flexibility index (Phi) is 12.0. The van der Waals surface area contributed by atoms with E-state index >= 15 is 0 Å². The van der Waals surface area contributed by atoms with Crippen LogP contribution < -0.4 is 16.2 Å². The Morgan fingerprint density at radius 2 is 1.67 bits per heavy atom. The first kappa shape index (κ1) is 36.1. The molecule has 5 N–H and O–H groups in total. The minimum absolute atomic E-state index is 0.0287. The molecule has 6 rings (SSSR count). The molecule has 2 amide bonds. The number of aromatic amines is 1. The molecule has 0 bridgehead atoms. The van der Waals surface area contributed by atoms with E-state index in [0.29, 0.717) is 35.5 Å². The van der Waals surface area contributed by atoms with Crippen molar-refractivity contribution in [1.82, 2.24) is 20.1 Å². The van der Waals surface area contributed by atoms with Crippen LogP contribution in [0.15, 0.2) is 83.7 Å². The molecule has 1 unspecified atom stereocenters. The van der Waals surface area contributed by atoms with E-state index in [0.717, 1.165) is 81.5 Å². The zero-order chi connectivity index (χ0) is 35.7. The first-order valence-electron chi connectivity index (χ1n) is 18.1. The van der Waals surface area contributed by atoms with Gasteiger partial charge in [0.15, 0.2) is 0 Å². The molecule has 1 saturated heterocycles. The highest BCUT2D eigenvalue weighted by molar-refractivity contribution is 5.91. The van der Waals surface area contributed by atoms with E-state index < -0.39 is 12.2 Å². The number of phenolic OH excluding ortho intramolecular Hbond substituents is 1. The molecule has 2 fully saturated rings. The average molecular weight is 696 g/mol. The Hall–Kier alpha value is -4.71. The number of carbonyl (C=O) groups is 2. The molecule has 1 aliphatic heterocycles. The van der Waals surface area contributed by atoms with Crippen molar-refractivity contribution in [3.63, 3.8) is 0 Å². The zero-order valence-electron chi connectivity index (χ0n) is 29.2. The number of likely N-dealkylation sites (tertiary alicyclic amines) is 1. The highest BCUT2D eigenvalue weighted by atomic mass is 16.6. The summed E-state index contributed by atoms with van der Waals surface area (Å²) >= 11 is 0. The third-order valence-corrected chi connectivity index (χ3v) is 10.4. The first-order valence-corrected chi connectivity index (χ1v) is 18.1. The molecule has 270 valence electrons. The van der Waals surface area contributed by atoms with E-state index in [1.807, 2.05) is 66.5 Å². The standard InChI is InChI=1S/C40H49N5O6/c1-44(23-24-45-21-19-30(20-22-45)51-40(50)42-34-10-6-5-9-31(34)28-7-3-2-4-8-28)39(49)29-13-11-27(12-14-29)25-41-26-36(47)32-15-17-35(46)38-33(32)16-18-37(48)43-38/h2-10,15-18,27,29-30,36,41,46-47H,11-14,19-26H2,1H3,(H,42,50)(H,43,48). The molecule has 51 heavy (non-hydrogen) atoms. The summed E-state index contributed by atoms with van der Waals surface area (Å²) in [6.07, 6.45) is 3.76. The van der Waals surface area contributed by atoms with Crippen LogP contribution in [0.2, 0.25) is 0 Å². The minimum atomic E-state index is -0.795. The second-order valence-electron chi connectivity index (χ2n) is 13.9. The van der Waals surface area contributed by atoms with Gasteiger partial charge in [-0.2, -0.15) is 0 Å². The smallest absolute Gasteiger partial charge is 0.411 e. The molecule has 1 saturated carbocycles. The van der Waals surface area contributed by atoms with Crippen LogP contribution in [0, 0.1) is 11.8 Å². The second kappa shape index (κ2) is 17.0. The van der Waals surface area contributed by atoms with Crippen LogP contribution in [0.5, 0.6) is 5.75 Å². The average Bonchev–Trinajstić information content (AvgIpc) is 3.15. The Morgan fingerprint density at radius 3 is 2.43 bits per heavy atom. The number of benzene rings is 3. The van der Waals surface area contributed by atoms with E-state index in [1.165, 1.54) is 12.1 Å². The number of aromatic nitrogens is 1. The summed E-state index contributed by atoms with van der Waals surface area (Å²) < 4.78 is 5.79. The monoisotopic (exact) mass is 695 g/mol. The fourth-order valence-corrected chi connectivity index (χ4v) is 7.41. The van der Waals surface area contributed by atoms with Gasteiger partial charge in [0.2, 0.25) is 11.5 Å². The van der Waals surface area contributed by atoms with E-state index in [-0.39, 0.29) is 29.2 Å². The van der Waals surface area contributed by atoms with E-state index in [2.05, 4.69) is 20.5 Å². The van der Waals surface area contributed by atoms with Gasteiger partial charge in [-0.15, -0.1) is 0 Å². The van der Waals surface area contributed by atoms with Gasteiger partial charge in [-0.05, 0) is 80.3 Å². The molecule has 4 aromatic rings. The number of para-hydroxylation sites is 1. The number of piperidine rings is 1. The van der Waals surface area contributed by atoms with Gasteiger partial charge in [0.1, 0.15) is 11.9 Å². The number of nitrogens with one attached hydrogen (secondary N) is 3. The maximum absolute atomic E-state index is 13.3. The number of hydrogen-bond acceptors (Lipinski definition) is 8. The number of carbonyl (C=O) groups excluding carboxylic acids is 2. The summed E-state index contributed by atoms with van der Waals surface area (Å²) in [7, 11) is 1.90. The van der Waals surface area contributed by atoms with Gasteiger partial charge >= 0.3 is 6.09 Å². The number of anilines is 1. The largest absolute Gasteiger partial charge is 0.506 e. The molecule has 3 aromatic carbocycles. The van der Waals surface area contributed by atoms with Gasteiger partial charge in [0, 0.05) is 62.7 Å². The Morgan fingerprint density at radius 1 is 0.941 bits per heavy atom. The molecular weight excluding hydrogens is 646 g/mol. The van der Waals surface area contributed by atoms with Gasteiger partial charge in [-0.3, -0.25) is 14.9 Å². The fraction of sp³-hybridized carbons (Fsp3) is 0.425. The molecule has 2 heterocycles. The number of ether oxygens (including phenoxy) is 1. The molecule has 1 aromatic heterocycles. The Balaban J connectivity index is 0.864. The van der Waals surface area contributed by atoms with Gasteiger partial charge in [0.25, 0.3) is 0 Å². The van der Waals surface area contributed by atoms with Crippen LogP contribution >= 0.6 is 0 Å². The van der Waals surface area contributed by atoms with Gasteiger partial charge in [-0.25, -0.2) is 4.79 Å². The molecule has 1 atom stereocenters. The number of amides is 2. The maximum atomic E-state index is 13.3. The Bertz CT molecular complexity index is 1830. The molecular formula is C40H49N5O6. The molecule has 11 nitrogen and oxygen atoms in total. The van der Waals surface area contributed by atoms with Crippen LogP contribution in [0.1, 0.15) is 50.2 Å². The number of nitrogens with zero attached hydrogens (tertiary/aromatic N) is 2. The summed E-state index contributed by atoms with van der Waals surface area (Å²) in [6.45, 7) is 4.19. The van der Waals surface area contributed by atoms with Crippen LogP contribution in [-0.2, 0) is 9.53 Å². The Labute approximate surface area is 298 Å². The van der Waals surface area contributed by atoms with E-state index in [1.54, 1.807) is 12.1 Å². The summed E-state index contributed by atoms with van der Waals surface area (Å²) in [6, 6.07) is 23.9. The van der Waals surface area contributed by atoms with Crippen molar-refractivity contribution in [2.75, 3.05) is 51.6 Å². The summed E-state index contributed by atoms with van der Waals surface area (Å²) in [5.74, 6) is 0.648. The number of rotatable bonds is 12. The lowest BCUT2D eigenvalue weighted by Crippen LogP contribution is -2.44. The molecule has 0 spiro atoms. The van der Waals surface area contributed by atoms with Gasteiger partial charge in [0.05, 0.1) is 17.3 Å².